The normalized spacial score (nSPS) is 34.2. The zero-order valence-corrected chi connectivity index (χ0v) is 10.3. The molecular weight excluding hydrogens is 229 g/mol. The maximum absolute atomic E-state index is 12.0. The number of nitrogens with zero attached hydrogens (tertiary/aromatic N) is 1. The largest absolute Gasteiger partial charge is 0.389 e. The van der Waals surface area contributed by atoms with Crippen LogP contribution in [0, 0.1) is 0 Å². The van der Waals surface area contributed by atoms with Crippen molar-refractivity contribution in [2.45, 2.75) is 62.8 Å². The summed E-state index contributed by atoms with van der Waals surface area (Å²) in [4.78, 5) is 2.44. The fourth-order valence-corrected chi connectivity index (χ4v) is 3.17. The standard InChI is InChI=1S/C12H21F3N2/c1-17-10-3-4-11(17)8-9(7-10)16-6-2-5-12(13,14)15/h9-11,16H,2-8H2,1H3. The van der Waals surface area contributed by atoms with Crippen LogP contribution >= 0.6 is 0 Å². The van der Waals surface area contributed by atoms with Crippen LogP contribution in [-0.2, 0) is 0 Å². The third kappa shape index (κ3) is 3.58. The van der Waals surface area contributed by atoms with E-state index in [0.717, 1.165) is 12.8 Å². The molecule has 2 nitrogen and oxygen atoms in total. The van der Waals surface area contributed by atoms with Gasteiger partial charge < -0.3 is 10.2 Å². The molecule has 1 N–H and O–H groups in total. The van der Waals surface area contributed by atoms with E-state index < -0.39 is 12.6 Å². The Morgan fingerprint density at radius 3 is 2.29 bits per heavy atom. The SMILES string of the molecule is CN1C2CCC1CC(NCCCC(F)(F)F)C2. The van der Waals surface area contributed by atoms with Crippen molar-refractivity contribution < 1.29 is 13.2 Å². The summed E-state index contributed by atoms with van der Waals surface area (Å²) < 4.78 is 35.9. The van der Waals surface area contributed by atoms with Crippen molar-refractivity contribution >= 4 is 0 Å². The second-order valence-corrected chi connectivity index (χ2v) is 5.39. The van der Waals surface area contributed by atoms with Crippen LogP contribution in [0.4, 0.5) is 13.2 Å². The summed E-state index contributed by atoms with van der Waals surface area (Å²) in [6.07, 6.45) is 0.222. The van der Waals surface area contributed by atoms with Crippen molar-refractivity contribution in [1.29, 1.82) is 0 Å². The number of hydrogen-bond donors (Lipinski definition) is 1. The Kier molecular flexibility index (Phi) is 3.98. The fraction of sp³-hybridized carbons (Fsp3) is 1.00. The minimum absolute atomic E-state index is 0.200. The maximum Gasteiger partial charge on any atom is 0.389 e. The molecule has 2 atom stereocenters. The highest BCUT2D eigenvalue weighted by atomic mass is 19.4. The highest BCUT2D eigenvalue weighted by Gasteiger charge is 2.38. The molecule has 0 aliphatic carbocycles. The van der Waals surface area contributed by atoms with Gasteiger partial charge in [0.25, 0.3) is 0 Å². The van der Waals surface area contributed by atoms with Crippen LogP contribution < -0.4 is 5.32 Å². The third-order valence-electron chi connectivity index (χ3n) is 4.17. The van der Waals surface area contributed by atoms with Crippen molar-refractivity contribution in [2.24, 2.45) is 0 Å². The van der Waals surface area contributed by atoms with E-state index in [2.05, 4.69) is 17.3 Å². The van der Waals surface area contributed by atoms with E-state index >= 15 is 0 Å². The third-order valence-corrected chi connectivity index (χ3v) is 4.17. The molecule has 0 radical (unpaired) electrons. The number of alkyl halides is 3. The highest BCUT2D eigenvalue weighted by molar-refractivity contribution is 4.95. The summed E-state index contributed by atoms with van der Waals surface area (Å²) in [6, 6.07) is 1.72. The Morgan fingerprint density at radius 1 is 1.18 bits per heavy atom. The van der Waals surface area contributed by atoms with Gasteiger partial charge in [0.05, 0.1) is 0 Å². The molecule has 0 aromatic heterocycles. The van der Waals surface area contributed by atoms with Crippen molar-refractivity contribution in [3.05, 3.63) is 0 Å². The minimum atomic E-state index is -4.01. The Morgan fingerprint density at radius 2 is 1.76 bits per heavy atom. The van der Waals surface area contributed by atoms with E-state index in [0.29, 0.717) is 24.7 Å². The van der Waals surface area contributed by atoms with Crippen molar-refractivity contribution in [3.63, 3.8) is 0 Å². The van der Waals surface area contributed by atoms with Crippen LogP contribution in [0.3, 0.4) is 0 Å². The van der Waals surface area contributed by atoms with Crippen LogP contribution in [0.15, 0.2) is 0 Å². The van der Waals surface area contributed by atoms with Crippen molar-refractivity contribution in [1.82, 2.24) is 10.2 Å². The summed E-state index contributed by atoms with van der Waals surface area (Å²) in [5.41, 5.74) is 0. The van der Waals surface area contributed by atoms with Crippen LogP contribution in [0.2, 0.25) is 0 Å². The monoisotopic (exact) mass is 250 g/mol. The molecule has 0 aromatic rings. The lowest BCUT2D eigenvalue weighted by Crippen LogP contribution is -2.47. The zero-order valence-electron chi connectivity index (χ0n) is 10.3. The Labute approximate surface area is 101 Å². The predicted octanol–water partition coefficient (Wildman–Crippen LogP) is 2.54. The van der Waals surface area contributed by atoms with E-state index in [1.54, 1.807) is 0 Å². The molecule has 2 heterocycles. The molecule has 2 rings (SSSR count). The van der Waals surface area contributed by atoms with Crippen LogP contribution in [0.5, 0.6) is 0 Å². The number of fused-ring (bicyclic) bond motifs is 2. The molecule has 0 aromatic carbocycles. The van der Waals surface area contributed by atoms with E-state index in [-0.39, 0.29) is 6.42 Å². The van der Waals surface area contributed by atoms with Crippen molar-refractivity contribution in [2.75, 3.05) is 13.6 Å². The van der Waals surface area contributed by atoms with Gasteiger partial charge in [-0.05, 0) is 45.7 Å². The first-order valence-corrected chi connectivity index (χ1v) is 6.48. The molecule has 2 aliphatic heterocycles. The lowest BCUT2D eigenvalue weighted by molar-refractivity contribution is -0.135. The molecule has 0 amide bonds. The van der Waals surface area contributed by atoms with Crippen LogP contribution in [-0.4, -0.2) is 42.8 Å². The summed E-state index contributed by atoms with van der Waals surface area (Å²) >= 11 is 0. The molecule has 2 fully saturated rings. The lowest BCUT2D eigenvalue weighted by atomic mass is 9.98. The summed E-state index contributed by atoms with van der Waals surface area (Å²) in [6.45, 7) is 0.493. The first-order valence-electron chi connectivity index (χ1n) is 6.48. The Bertz CT molecular complexity index is 241. The van der Waals surface area contributed by atoms with Crippen LogP contribution in [0.25, 0.3) is 0 Å². The number of rotatable bonds is 4. The lowest BCUT2D eigenvalue weighted by Gasteiger charge is -2.36. The Balaban J connectivity index is 1.65. The summed E-state index contributed by atoms with van der Waals surface area (Å²) in [7, 11) is 2.17. The molecule has 0 spiro atoms. The summed E-state index contributed by atoms with van der Waals surface area (Å²) in [5.74, 6) is 0. The average Bonchev–Trinajstić information content (AvgIpc) is 2.49. The zero-order chi connectivity index (χ0) is 12.5. The molecule has 0 saturated carbocycles. The Hall–Kier alpha value is -0.290. The summed E-state index contributed by atoms with van der Waals surface area (Å²) in [5, 5.41) is 3.29. The van der Waals surface area contributed by atoms with Gasteiger partial charge in [-0.15, -0.1) is 0 Å². The van der Waals surface area contributed by atoms with Gasteiger partial charge in [-0.25, -0.2) is 0 Å². The van der Waals surface area contributed by atoms with Gasteiger partial charge in [0.15, 0.2) is 0 Å². The van der Waals surface area contributed by atoms with Gasteiger partial charge in [-0.3, -0.25) is 0 Å². The topological polar surface area (TPSA) is 15.3 Å². The number of hydrogen-bond acceptors (Lipinski definition) is 2. The van der Waals surface area contributed by atoms with Crippen molar-refractivity contribution in [3.8, 4) is 0 Å². The van der Waals surface area contributed by atoms with E-state index in [9.17, 15) is 13.2 Å². The van der Waals surface area contributed by atoms with Gasteiger partial charge in [0, 0.05) is 24.5 Å². The van der Waals surface area contributed by atoms with Crippen LogP contribution in [0.1, 0.15) is 38.5 Å². The molecular formula is C12H21F3N2. The number of nitrogens with one attached hydrogen (secondary N) is 1. The number of halogens is 3. The smallest absolute Gasteiger partial charge is 0.314 e. The average molecular weight is 250 g/mol. The first kappa shape index (κ1) is 13.1. The molecule has 2 unspecified atom stereocenters. The molecule has 100 valence electrons. The highest BCUT2D eigenvalue weighted by Crippen LogP contribution is 2.34. The predicted molar refractivity (Wildman–Crippen MR) is 60.9 cm³/mol. The quantitative estimate of drug-likeness (QED) is 0.771. The molecule has 17 heavy (non-hydrogen) atoms. The van der Waals surface area contributed by atoms with Gasteiger partial charge in [0.2, 0.25) is 0 Å². The molecule has 2 bridgehead atoms. The van der Waals surface area contributed by atoms with Gasteiger partial charge in [-0.2, -0.15) is 13.2 Å². The maximum atomic E-state index is 12.0. The minimum Gasteiger partial charge on any atom is -0.314 e. The van der Waals surface area contributed by atoms with E-state index in [1.165, 1.54) is 12.8 Å². The second-order valence-electron chi connectivity index (χ2n) is 5.39. The van der Waals surface area contributed by atoms with E-state index in [4.69, 9.17) is 0 Å². The van der Waals surface area contributed by atoms with Gasteiger partial charge in [-0.1, -0.05) is 0 Å². The van der Waals surface area contributed by atoms with E-state index in [1.807, 2.05) is 0 Å². The number of piperidine rings is 1. The first-order chi connectivity index (χ1) is 7.96. The fourth-order valence-electron chi connectivity index (χ4n) is 3.17. The molecule has 2 saturated heterocycles. The van der Waals surface area contributed by atoms with Gasteiger partial charge in [0.1, 0.15) is 0 Å². The second kappa shape index (κ2) is 5.14. The molecule has 5 heteroatoms. The van der Waals surface area contributed by atoms with Gasteiger partial charge >= 0.3 is 6.18 Å². The molecule has 2 aliphatic rings.